The summed E-state index contributed by atoms with van der Waals surface area (Å²) in [5.74, 6) is 0. The van der Waals surface area contributed by atoms with Gasteiger partial charge in [-0.25, -0.2) is 0 Å². The number of aliphatic hydroxyl groups is 1. The standard InChI is InChI=1S/C9H13NO.ClH/c1-10(2)9-5-3-8(7-11)4-6-9;/h3-6,11H,7H2,1-2H3;1H. The zero-order valence-electron chi connectivity index (χ0n) is 7.32. The van der Waals surface area contributed by atoms with E-state index >= 15 is 0 Å². The zero-order chi connectivity index (χ0) is 8.27. The van der Waals surface area contributed by atoms with Crippen molar-refractivity contribution in [2.75, 3.05) is 19.0 Å². The Hall–Kier alpha value is -0.730. The van der Waals surface area contributed by atoms with E-state index in [0.29, 0.717) is 0 Å². The Bertz CT molecular complexity index is 220. The van der Waals surface area contributed by atoms with E-state index in [9.17, 15) is 0 Å². The number of hydrogen-bond donors (Lipinski definition) is 1. The molecule has 0 amide bonds. The molecule has 1 aromatic rings. The Morgan fingerprint density at radius 1 is 1.17 bits per heavy atom. The molecule has 12 heavy (non-hydrogen) atoms. The SMILES string of the molecule is CN(C)c1ccc(CO)cc1.Cl. The van der Waals surface area contributed by atoms with Crippen LogP contribution in [0.2, 0.25) is 0 Å². The highest BCUT2D eigenvalue weighted by Crippen LogP contribution is 2.11. The zero-order valence-corrected chi connectivity index (χ0v) is 8.14. The highest BCUT2D eigenvalue weighted by Gasteiger charge is 1.93. The normalized spacial score (nSPS) is 8.92. The lowest BCUT2D eigenvalue weighted by atomic mass is 10.2. The van der Waals surface area contributed by atoms with E-state index in [4.69, 9.17) is 5.11 Å². The number of benzene rings is 1. The van der Waals surface area contributed by atoms with Crippen LogP contribution in [-0.2, 0) is 6.61 Å². The van der Waals surface area contributed by atoms with Crippen LogP contribution in [0.1, 0.15) is 5.56 Å². The molecule has 0 aliphatic heterocycles. The average molecular weight is 188 g/mol. The topological polar surface area (TPSA) is 23.5 Å². The van der Waals surface area contributed by atoms with Crippen molar-refractivity contribution in [3.8, 4) is 0 Å². The maximum absolute atomic E-state index is 8.75. The fourth-order valence-corrected chi connectivity index (χ4v) is 0.899. The average Bonchev–Trinajstić information content (AvgIpc) is 2.05. The molecule has 0 saturated carbocycles. The second-order valence-corrected chi connectivity index (χ2v) is 2.72. The summed E-state index contributed by atoms with van der Waals surface area (Å²) in [6.45, 7) is 0.119. The Labute approximate surface area is 79.2 Å². The molecular formula is C9H14ClNO. The Morgan fingerprint density at radius 2 is 1.67 bits per heavy atom. The van der Waals surface area contributed by atoms with E-state index in [1.807, 2.05) is 43.3 Å². The summed E-state index contributed by atoms with van der Waals surface area (Å²) >= 11 is 0. The predicted octanol–water partition coefficient (Wildman–Crippen LogP) is 1.67. The molecule has 68 valence electrons. The largest absolute Gasteiger partial charge is 0.392 e. The first kappa shape index (κ1) is 11.3. The van der Waals surface area contributed by atoms with Crippen LogP contribution in [0.25, 0.3) is 0 Å². The van der Waals surface area contributed by atoms with E-state index in [1.54, 1.807) is 0 Å². The van der Waals surface area contributed by atoms with E-state index < -0.39 is 0 Å². The third-order valence-corrected chi connectivity index (χ3v) is 1.64. The van der Waals surface area contributed by atoms with Gasteiger partial charge in [-0.1, -0.05) is 12.1 Å². The van der Waals surface area contributed by atoms with Crippen molar-refractivity contribution in [1.29, 1.82) is 0 Å². The first-order valence-electron chi connectivity index (χ1n) is 3.61. The molecule has 0 heterocycles. The summed E-state index contributed by atoms with van der Waals surface area (Å²) in [5, 5.41) is 8.75. The Kier molecular flexibility index (Phi) is 4.71. The van der Waals surface area contributed by atoms with Gasteiger partial charge in [0.2, 0.25) is 0 Å². The molecule has 0 spiro atoms. The van der Waals surface area contributed by atoms with Crippen LogP contribution >= 0.6 is 12.4 Å². The van der Waals surface area contributed by atoms with Crippen molar-refractivity contribution in [1.82, 2.24) is 0 Å². The molecule has 1 aromatic carbocycles. The molecule has 0 radical (unpaired) electrons. The van der Waals surface area contributed by atoms with Gasteiger partial charge in [0.25, 0.3) is 0 Å². The van der Waals surface area contributed by atoms with E-state index in [2.05, 4.69) is 0 Å². The molecule has 1 rings (SSSR count). The van der Waals surface area contributed by atoms with Crippen molar-refractivity contribution in [3.05, 3.63) is 29.8 Å². The number of anilines is 1. The van der Waals surface area contributed by atoms with Gasteiger partial charge in [0.1, 0.15) is 0 Å². The van der Waals surface area contributed by atoms with Gasteiger partial charge in [-0.2, -0.15) is 0 Å². The first-order valence-corrected chi connectivity index (χ1v) is 3.61. The lowest BCUT2D eigenvalue weighted by molar-refractivity contribution is 0.282. The second-order valence-electron chi connectivity index (χ2n) is 2.72. The maximum atomic E-state index is 8.75. The van der Waals surface area contributed by atoms with Crippen molar-refractivity contribution in [2.24, 2.45) is 0 Å². The van der Waals surface area contributed by atoms with Gasteiger partial charge in [-0.15, -0.1) is 12.4 Å². The van der Waals surface area contributed by atoms with Crippen LogP contribution in [0.3, 0.4) is 0 Å². The van der Waals surface area contributed by atoms with Gasteiger partial charge < -0.3 is 10.0 Å². The highest BCUT2D eigenvalue weighted by molar-refractivity contribution is 5.85. The van der Waals surface area contributed by atoms with Gasteiger partial charge in [0, 0.05) is 19.8 Å². The van der Waals surface area contributed by atoms with Crippen LogP contribution in [-0.4, -0.2) is 19.2 Å². The number of halogens is 1. The van der Waals surface area contributed by atoms with Crippen LogP contribution in [0, 0.1) is 0 Å². The molecule has 0 saturated heterocycles. The molecule has 1 N–H and O–H groups in total. The molecule has 0 aromatic heterocycles. The molecule has 0 fully saturated rings. The van der Waals surface area contributed by atoms with Gasteiger partial charge in [-0.05, 0) is 17.7 Å². The van der Waals surface area contributed by atoms with Crippen molar-refractivity contribution in [2.45, 2.75) is 6.61 Å². The van der Waals surface area contributed by atoms with E-state index in [1.165, 1.54) is 0 Å². The number of hydrogen-bond acceptors (Lipinski definition) is 2. The van der Waals surface area contributed by atoms with Gasteiger partial charge in [0.05, 0.1) is 6.61 Å². The minimum Gasteiger partial charge on any atom is -0.392 e. The molecular weight excluding hydrogens is 174 g/mol. The third-order valence-electron chi connectivity index (χ3n) is 1.64. The molecule has 0 aliphatic carbocycles. The molecule has 0 bridgehead atoms. The van der Waals surface area contributed by atoms with Crippen LogP contribution in [0.15, 0.2) is 24.3 Å². The summed E-state index contributed by atoms with van der Waals surface area (Å²) in [6.07, 6.45) is 0. The minimum atomic E-state index is 0. The van der Waals surface area contributed by atoms with E-state index in [0.717, 1.165) is 11.3 Å². The predicted molar refractivity (Wildman–Crippen MR) is 53.9 cm³/mol. The van der Waals surface area contributed by atoms with Crippen LogP contribution < -0.4 is 4.90 Å². The number of aliphatic hydroxyl groups excluding tert-OH is 1. The second kappa shape index (κ2) is 5.01. The van der Waals surface area contributed by atoms with Crippen LogP contribution in [0.4, 0.5) is 5.69 Å². The van der Waals surface area contributed by atoms with Crippen molar-refractivity contribution >= 4 is 18.1 Å². The van der Waals surface area contributed by atoms with Crippen molar-refractivity contribution in [3.63, 3.8) is 0 Å². The minimum absolute atomic E-state index is 0. The summed E-state index contributed by atoms with van der Waals surface area (Å²) in [6, 6.07) is 7.84. The maximum Gasteiger partial charge on any atom is 0.0681 e. The fraction of sp³-hybridized carbons (Fsp3) is 0.333. The Morgan fingerprint density at radius 3 is 2.00 bits per heavy atom. The fourth-order valence-electron chi connectivity index (χ4n) is 0.899. The molecule has 0 aliphatic rings. The van der Waals surface area contributed by atoms with Crippen molar-refractivity contribution < 1.29 is 5.11 Å². The lowest BCUT2D eigenvalue weighted by Crippen LogP contribution is -2.08. The van der Waals surface area contributed by atoms with Gasteiger partial charge >= 0.3 is 0 Å². The highest BCUT2D eigenvalue weighted by atomic mass is 35.5. The molecule has 0 unspecified atom stereocenters. The summed E-state index contributed by atoms with van der Waals surface area (Å²) in [4.78, 5) is 2.03. The van der Waals surface area contributed by atoms with Gasteiger partial charge in [0.15, 0.2) is 0 Å². The molecule has 3 heteroatoms. The third kappa shape index (κ3) is 2.72. The summed E-state index contributed by atoms with van der Waals surface area (Å²) < 4.78 is 0. The molecule has 0 atom stereocenters. The summed E-state index contributed by atoms with van der Waals surface area (Å²) in [7, 11) is 3.99. The molecule has 2 nitrogen and oxygen atoms in total. The Balaban J connectivity index is 0.00000121. The quantitative estimate of drug-likeness (QED) is 0.762. The lowest BCUT2D eigenvalue weighted by Gasteiger charge is -2.11. The van der Waals surface area contributed by atoms with E-state index in [-0.39, 0.29) is 19.0 Å². The van der Waals surface area contributed by atoms with Crippen LogP contribution in [0.5, 0.6) is 0 Å². The first-order chi connectivity index (χ1) is 5.24. The number of rotatable bonds is 2. The summed E-state index contributed by atoms with van der Waals surface area (Å²) in [5.41, 5.74) is 2.11. The smallest absolute Gasteiger partial charge is 0.0681 e. The monoisotopic (exact) mass is 187 g/mol. The van der Waals surface area contributed by atoms with Gasteiger partial charge in [-0.3, -0.25) is 0 Å². The number of nitrogens with zero attached hydrogens (tertiary/aromatic N) is 1.